The van der Waals surface area contributed by atoms with Crippen molar-refractivity contribution in [3.63, 3.8) is 0 Å². The fraction of sp³-hybridized carbons (Fsp3) is 0.500. The van der Waals surface area contributed by atoms with Gasteiger partial charge in [0.2, 0.25) is 0 Å². The van der Waals surface area contributed by atoms with E-state index in [1.165, 1.54) is 5.56 Å². The van der Waals surface area contributed by atoms with E-state index >= 15 is 0 Å². The highest BCUT2D eigenvalue weighted by Crippen LogP contribution is 2.30. The summed E-state index contributed by atoms with van der Waals surface area (Å²) in [6.07, 6.45) is -2.96. The van der Waals surface area contributed by atoms with E-state index < -0.39 is 11.9 Å². The van der Waals surface area contributed by atoms with Crippen molar-refractivity contribution in [1.82, 2.24) is 20.5 Å². The van der Waals surface area contributed by atoms with E-state index in [-0.39, 0.29) is 6.04 Å². The minimum Gasteiger partial charge on any atom is -0.356 e. The van der Waals surface area contributed by atoms with Gasteiger partial charge in [-0.25, -0.2) is 4.98 Å². The zero-order valence-corrected chi connectivity index (χ0v) is 17.4. The Kier molecular flexibility index (Phi) is 7.13. The Balaban J connectivity index is 1.45. The second-order valence-electron chi connectivity index (χ2n) is 7.21. The lowest BCUT2D eigenvalue weighted by Crippen LogP contribution is -2.45. The van der Waals surface area contributed by atoms with Crippen molar-refractivity contribution < 1.29 is 13.2 Å². The summed E-state index contributed by atoms with van der Waals surface area (Å²) in [4.78, 5) is 10.3. The molecule has 1 fully saturated rings. The minimum atomic E-state index is -4.38. The number of aromatic nitrogens is 1. The lowest BCUT2D eigenvalue weighted by Gasteiger charge is -2.21. The second kappa shape index (κ2) is 9.58. The molecule has 0 bridgehead atoms. The van der Waals surface area contributed by atoms with E-state index in [0.717, 1.165) is 36.2 Å². The summed E-state index contributed by atoms with van der Waals surface area (Å²) in [5.41, 5.74) is 0.475. The second-order valence-corrected chi connectivity index (χ2v) is 8.16. The first kappa shape index (κ1) is 21.6. The van der Waals surface area contributed by atoms with Crippen LogP contribution in [0.4, 0.5) is 13.2 Å². The lowest BCUT2D eigenvalue weighted by molar-refractivity contribution is -0.140. The number of rotatable bonds is 6. The topological polar surface area (TPSA) is 52.6 Å². The molecular formula is C20H26F3N5S. The van der Waals surface area contributed by atoms with Gasteiger partial charge in [-0.3, -0.25) is 9.89 Å². The predicted molar refractivity (Wildman–Crippen MR) is 110 cm³/mol. The van der Waals surface area contributed by atoms with Gasteiger partial charge in [0, 0.05) is 50.6 Å². The highest BCUT2D eigenvalue weighted by atomic mass is 32.1. The minimum absolute atomic E-state index is 0.275. The maximum absolute atomic E-state index is 12.6. The van der Waals surface area contributed by atoms with E-state index in [1.54, 1.807) is 7.05 Å². The third-order valence-electron chi connectivity index (χ3n) is 4.97. The summed E-state index contributed by atoms with van der Waals surface area (Å²) >= 11 is 1.03. The Morgan fingerprint density at radius 1 is 1.31 bits per heavy atom. The summed E-state index contributed by atoms with van der Waals surface area (Å²) in [5, 5.41) is 8.13. The molecule has 2 aromatic rings. The van der Waals surface area contributed by atoms with Gasteiger partial charge in [0.05, 0.1) is 5.01 Å². The van der Waals surface area contributed by atoms with Crippen molar-refractivity contribution in [2.45, 2.75) is 44.6 Å². The molecule has 2 atom stereocenters. The number of halogens is 3. The number of hydrogen-bond donors (Lipinski definition) is 2. The van der Waals surface area contributed by atoms with Crippen LogP contribution in [0.15, 0.2) is 40.7 Å². The molecule has 0 saturated carbocycles. The molecule has 0 amide bonds. The lowest BCUT2D eigenvalue weighted by atomic mass is 10.2. The van der Waals surface area contributed by atoms with Gasteiger partial charge in [-0.15, -0.1) is 11.3 Å². The quantitative estimate of drug-likeness (QED) is 0.549. The number of likely N-dealkylation sites (tertiary alicyclic amines) is 1. The molecule has 1 aromatic carbocycles. The fourth-order valence-electron chi connectivity index (χ4n) is 3.47. The van der Waals surface area contributed by atoms with Gasteiger partial charge in [-0.05, 0) is 18.9 Å². The van der Waals surface area contributed by atoms with Gasteiger partial charge in [-0.1, -0.05) is 30.3 Å². The molecule has 2 heterocycles. The van der Waals surface area contributed by atoms with Crippen molar-refractivity contribution in [3.05, 3.63) is 52.0 Å². The highest BCUT2D eigenvalue weighted by molar-refractivity contribution is 7.09. The normalized spacial score (nSPS) is 20.8. The largest absolute Gasteiger partial charge is 0.434 e. The Labute approximate surface area is 173 Å². The van der Waals surface area contributed by atoms with Crippen LogP contribution in [-0.4, -0.2) is 48.1 Å². The van der Waals surface area contributed by atoms with Crippen LogP contribution < -0.4 is 10.6 Å². The Morgan fingerprint density at radius 3 is 2.72 bits per heavy atom. The maximum atomic E-state index is 12.6. The van der Waals surface area contributed by atoms with E-state index in [0.29, 0.717) is 30.0 Å². The number of nitrogens with one attached hydrogen (secondary N) is 2. The van der Waals surface area contributed by atoms with Crippen molar-refractivity contribution in [2.24, 2.45) is 4.99 Å². The molecule has 0 radical (unpaired) electrons. The Hall–Kier alpha value is -2.13. The number of nitrogens with zero attached hydrogens (tertiary/aromatic N) is 3. The van der Waals surface area contributed by atoms with E-state index in [4.69, 9.17) is 0 Å². The molecule has 2 unspecified atom stereocenters. The summed E-state index contributed by atoms with van der Waals surface area (Å²) in [6, 6.07) is 11.1. The molecule has 5 nitrogen and oxygen atoms in total. The van der Waals surface area contributed by atoms with Crippen molar-refractivity contribution >= 4 is 17.3 Å². The average molecular weight is 426 g/mol. The number of benzene rings is 1. The third-order valence-corrected chi connectivity index (χ3v) is 5.88. The van der Waals surface area contributed by atoms with Crippen LogP contribution >= 0.6 is 11.3 Å². The number of guanidine groups is 1. The Bertz CT molecular complexity index is 806. The van der Waals surface area contributed by atoms with Gasteiger partial charge in [0.1, 0.15) is 0 Å². The molecule has 29 heavy (non-hydrogen) atoms. The maximum Gasteiger partial charge on any atom is 0.434 e. The molecular weight excluding hydrogens is 399 g/mol. The first-order chi connectivity index (χ1) is 13.8. The van der Waals surface area contributed by atoms with Crippen LogP contribution in [0.5, 0.6) is 0 Å². The highest BCUT2D eigenvalue weighted by Gasteiger charge is 2.33. The fourth-order valence-corrected chi connectivity index (χ4v) is 4.28. The van der Waals surface area contributed by atoms with Crippen LogP contribution in [0.2, 0.25) is 0 Å². The molecule has 3 rings (SSSR count). The summed E-state index contributed by atoms with van der Waals surface area (Å²) in [5.74, 6) is 0.663. The molecule has 1 aliphatic rings. The number of thiazole rings is 1. The molecule has 1 aliphatic heterocycles. The van der Waals surface area contributed by atoms with Crippen molar-refractivity contribution in [2.75, 3.05) is 20.1 Å². The van der Waals surface area contributed by atoms with Gasteiger partial charge >= 0.3 is 6.18 Å². The summed E-state index contributed by atoms with van der Waals surface area (Å²) in [7, 11) is 1.70. The van der Waals surface area contributed by atoms with Crippen LogP contribution in [0.3, 0.4) is 0 Å². The predicted octanol–water partition coefficient (Wildman–Crippen LogP) is 3.53. The first-order valence-corrected chi connectivity index (χ1v) is 10.5. The molecule has 1 saturated heterocycles. The van der Waals surface area contributed by atoms with Gasteiger partial charge < -0.3 is 10.6 Å². The zero-order valence-electron chi connectivity index (χ0n) is 16.5. The van der Waals surface area contributed by atoms with Crippen LogP contribution in [0.25, 0.3) is 0 Å². The average Bonchev–Trinajstić information content (AvgIpc) is 3.29. The van der Waals surface area contributed by atoms with E-state index in [2.05, 4.69) is 56.7 Å². The first-order valence-electron chi connectivity index (χ1n) is 9.62. The standard InChI is InChI=1S/C20H26F3N5S/c1-14-10-16(12-28(14)11-15-6-4-3-5-7-15)26-19(24-2)25-9-8-18-27-17(13-29-18)20(21,22)23/h3-7,13-14,16H,8-12H2,1-2H3,(H2,24,25,26). The molecule has 1 aromatic heterocycles. The molecule has 9 heteroatoms. The molecule has 158 valence electrons. The summed E-state index contributed by atoms with van der Waals surface area (Å²) < 4.78 is 37.9. The van der Waals surface area contributed by atoms with E-state index in [9.17, 15) is 13.2 Å². The molecule has 0 spiro atoms. The summed E-state index contributed by atoms with van der Waals surface area (Å²) in [6.45, 7) is 4.53. The Morgan fingerprint density at radius 2 is 2.07 bits per heavy atom. The van der Waals surface area contributed by atoms with Crippen molar-refractivity contribution in [1.29, 1.82) is 0 Å². The smallest absolute Gasteiger partial charge is 0.356 e. The monoisotopic (exact) mass is 425 g/mol. The zero-order chi connectivity index (χ0) is 20.9. The number of alkyl halides is 3. The molecule has 0 aliphatic carbocycles. The number of aliphatic imine (C=N–C) groups is 1. The third kappa shape index (κ3) is 6.17. The number of hydrogen-bond acceptors (Lipinski definition) is 4. The molecule has 2 N–H and O–H groups in total. The van der Waals surface area contributed by atoms with Crippen LogP contribution in [0, 0.1) is 0 Å². The van der Waals surface area contributed by atoms with Crippen LogP contribution in [0.1, 0.15) is 29.6 Å². The van der Waals surface area contributed by atoms with Gasteiger partial charge in [0.25, 0.3) is 0 Å². The van der Waals surface area contributed by atoms with Crippen LogP contribution in [-0.2, 0) is 19.1 Å². The van der Waals surface area contributed by atoms with E-state index in [1.807, 2.05) is 6.07 Å². The van der Waals surface area contributed by atoms with Gasteiger partial charge in [-0.2, -0.15) is 13.2 Å². The van der Waals surface area contributed by atoms with Crippen molar-refractivity contribution in [3.8, 4) is 0 Å². The van der Waals surface area contributed by atoms with Gasteiger partial charge in [0.15, 0.2) is 11.7 Å². The SMILES string of the molecule is CN=C(NCCc1nc(C(F)(F)F)cs1)NC1CC(C)N(Cc2ccccc2)C1.